The number of hydrogen-bond donors (Lipinski definition) is 2. The number of sulfonamides is 1. The molecule has 0 heterocycles. The molecule has 0 aliphatic heterocycles. The fraction of sp³-hybridized carbons (Fsp3) is 0.381. The number of para-hydroxylation sites is 1. The van der Waals surface area contributed by atoms with E-state index in [0.717, 1.165) is 18.4 Å². The van der Waals surface area contributed by atoms with Gasteiger partial charge in [-0.05, 0) is 49.4 Å². The summed E-state index contributed by atoms with van der Waals surface area (Å²) in [6.45, 7) is 2.42. The lowest BCUT2D eigenvalue weighted by atomic mass is 10.0. The maximum Gasteiger partial charge on any atom is 0.251 e. The summed E-state index contributed by atoms with van der Waals surface area (Å²) < 4.78 is 32.9. The van der Waals surface area contributed by atoms with Crippen LogP contribution in [0.1, 0.15) is 48.1 Å². The van der Waals surface area contributed by atoms with E-state index < -0.39 is 10.0 Å². The molecule has 2 aromatic carbocycles. The minimum Gasteiger partial charge on any atom is -0.496 e. The third-order valence-electron chi connectivity index (χ3n) is 4.89. The zero-order valence-electron chi connectivity index (χ0n) is 16.1. The maximum absolute atomic E-state index is 12.8. The average molecular weight is 403 g/mol. The van der Waals surface area contributed by atoms with Gasteiger partial charge in [-0.3, -0.25) is 4.79 Å². The Morgan fingerprint density at radius 2 is 1.93 bits per heavy atom. The van der Waals surface area contributed by atoms with Gasteiger partial charge in [0.25, 0.3) is 5.91 Å². The summed E-state index contributed by atoms with van der Waals surface area (Å²) in [5, 5.41) is 2.98. The van der Waals surface area contributed by atoms with E-state index >= 15 is 0 Å². The summed E-state index contributed by atoms with van der Waals surface area (Å²) in [5.41, 5.74) is 1.19. The van der Waals surface area contributed by atoms with Crippen molar-refractivity contribution in [3.63, 3.8) is 0 Å². The number of carbonyl (C=O) groups excluding carboxylic acids is 1. The Kier molecular flexibility index (Phi) is 6.36. The molecule has 3 rings (SSSR count). The standard InChI is InChI=1S/C21H26N2O4S/c1-3-19(18-9-4-5-10-20(18)27-2)23-21(24)16-7-6-8-17(13-16)28(25,26)22-14-15-11-12-15/h4-10,13,15,19,22H,3,11-12,14H2,1-2H3,(H,23,24). The Balaban J connectivity index is 1.76. The summed E-state index contributed by atoms with van der Waals surface area (Å²) in [5.74, 6) is 0.819. The first-order valence-electron chi connectivity index (χ1n) is 9.48. The van der Waals surface area contributed by atoms with Crippen LogP contribution in [0.25, 0.3) is 0 Å². The number of methoxy groups -OCH3 is 1. The molecule has 1 aliphatic carbocycles. The van der Waals surface area contributed by atoms with Crippen molar-refractivity contribution in [2.24, 2.45) is 5.92 Å². The zero-order valence-corrected chi connectivity index (χ0v) is 17.0. The van der Waals surface area contributed by atoms with E-state index in [0.29, 0.717) is 30.2 Å². The van der Waals surface area contributed by atoms with Gasteiger partial charge in [-0.2, -0.15) is 0 Å². The lowest BCUT2D eigenvalue weighted by Crippen LogP contribution is -2.29. The molecule has 1 amide bonds. The average Bonchev–Trinajstić information content (AvgIpc) is 3.55. The summed E-state index contributed by atoms with van der Waals surface area (Å²) in [6, 6.07) is 13.4. The number of carbonyl (C=O) groups is 1. The molecule has 1 unspecified atom stereocenters. The predicted octanol–water partition coefficient (Wildman–Crippen LogP) is 3.26. The molecule has 150 valence electrons. The van der Waals surface area contributed by atoms with Crippen molar-refractivity contribution in [1.29, 1.82) is 0 Å². The molecule has 1 saturated carbocycles. The molecule has 1 aliphatic rings. The topological polar surface area (TPSA) is 84.5 Å². The summed E-state index contributed by atoms with van der Waals surface area (Å²) in [4.78, 5) is 12.9. The Labute approximate surface area is 166 Å². The number of ether oxygens (including phenoxy) is 1. The minimum atomic E-state index is -3.62. The van der Waals surface area contributed by atoms with Crippen LogP contribution in [-0.2, 0) is 10.0 Å². The van der Waals surface area contributed by atoms with Gasteiger partial charge >= 0.3 is 0 Å². The lowest BCUT2D eigenvalue weighted by Gasteiger charge is -2.20. The van der Waals surface area contributed by atoms with Gasteiger partial charge in [-0.25, -0.2) is 13.1 Å². The molecule has 2 aromatic rings. The fourth-order valence-electron chi connectivity index (χ4n) is 3.03. The van der Waals surface area contributed by atoms with Crippen molar-refractivity contribution >= 4 is 15.9 Å². The van der Waals surface area contributed by atoms with Gasteiger partial charge in [0.1, 0.15) is 5.75 Å². The fourth-order valence-corrected chi connectivity index (χ4v) is 4.19. The second-order valence-corrected chi connectivity index (χ2v) is 8.77. The minimum absolute atomic E-state index is 0.103. The summed E-state index contributed by atoms with van der Waals surface area (Å²) in [7, 11) is -2.02. The Morgan fingerprint density at radius 1 is 1.18 bits per heavy atom. The van der Waals surface area contributed by atoms with Gasteiger partial charge in [-0.1, -0.05) is 31.2 Å². The SMILES string of the molecule is CCC(NC(=O)c1cccc(S(=O)(=O)NCC2CC2)c1)c1ccccc1OC. The van der Waals surface area contributed by atoms with Crippen LogP contribution in [-0.4, -0.2) is 28.0 Å². The van der Waals surface area contributed by atoms with Crippen LogP contribution in [0, 0.1) is 5.92 Å². The van der Waals surface area contributed by atoms with Crippen molar-refractivity contribution in [2.75, 3.05) is 13.7 Å². The molecule has 2 N–H and O–H groups in total. The smallest absolute Gasteiger partial charge is 0.251 e. The molecule has 1 atom stereocenters. The Hall–Kier alpha value is -2.38. The van der Waals surface area contributed by atoms with Crippen molar-refractivity contribution in [3.8, 4) is 5.75 Å². The highest BCUT2D eigenvalue weighted by Gasteiger charge is 2.25. The molecule has 1 fully saturated rings. The predicted molar refractivity (Wildman–Crippen MR) is 108 cm³/mol. The molecule has 7 heteroatoms. The lowest BCUT2D eigenvalue weighted by molar-refractivity contribution is 0.0935. The normalized spacial score (nSPS) is 15.1. The van der Waals surface area contributed by atoms with Crippen LogP contribution in [0.2, 0.25) is 0 Å². The van der Waals surface area contributed by atoms with Crippen molar-refractivity contribution in [2.45, 2.75) is 37.1 Å². The van der Waals surface area contributed by atoms with E-state index in [1.807, 2.05) is 31.2 Å². The van der Waals surface area contributed by atoms with Crippen LogP contribution in [0.3, 0.4) is 0 Å². The molecular weight excluding hydrogens is 376 g/mol. The monoisotopic (exact) mass is 402 g/mol. The van der Waals surface area contributed by atoms with Gasteiger partial charge in [0.15, 0.2) is 0 Å². The summed E-state index contributed by atoms with van der Waals surface area (Å²) >= 11 is 0. The van der Waals surface area contributed by atoms with Gasteiger partial charge in [0.2, 0.25) is 10.0 Å². The molecule has 6 nitrogen and oxygen atoms in total. The van der Waals surface area contributed by atoms with E-state index in [1.54, 1.807) is 19.2 Å². The van der Waals surface area contributed by atoms with Gasteiger partial charge in [0.05, 0.1) is 18.0 Å². The second-order valence-electron chi connectivity index (χ2n) is 7.00. The van der Waals surface area contributed by atoms with Crippen LogP contribution >= 0.6 is 0 Å². The molecule has 0 spiro atoms. The highest BCUT2D eigenvalue weighted by molar-refractivity contribution is 7.89. The van der Waals surface area contributed by atoms with Crippen LogP contribution < -0.4 is 14.8 Å². The van der Waals surface area contributed by atoms with Crippen LogP contribution in [0.15, 0.2) is 53.4 Å². The van der Waals surface area contributed by atoms with Gasteiger partial charge in [-0.15, -0.1) is 0 Å². The van der Waals surface area contributed by atoms with Gasteiger partial charge in [0, 0.05) is 17.7 Å². The molecule has 0 saturated heterocycles. The second kappa shape index (κ2) is 8.75. The van der Waals surface area contributed by atoms with Crippen LogP contribution in [0.5, 0.6) is 5.75 Å². The molecule has 0 radical (unpaired) electrons. The quantitative estimate of drug-likeness (QED) is 0.674. The Bertz CT molecular complexity index is 939. The summed E-state index contributed by atoms with van der Waals surface area (Å²) in [6.07, 6.45) is 2.80. The van der Waals surface area contributed by atoms with Crippen LogP contribution in [0.4, 0.5) is 0 Å². The maximum atomic E-state index is 12.8. The number of benzene rings is 2. The highest BCUT2D eigenvalue weighted by atomic mass is 32.2. The van der Waals surface area contributed by atoms with E-state index in [4.69, 9.17) is 4.74 Å². The third-order valence-corrected chi connectivity index (χ3v) is 6.31. The van der Waals surface area contributed by atoms with E-state index in [-0.39, 0.29) is 16.8 Å². The number of rotatable bonds is 9. The largest absolute Gasteiger partial charge is 0.496 e. The highest BCUT2D eigenvalue weighted by Crippen LogP contribution is 2.29. The zero-order chi connectivity index (χ0) is 20.1. The number of hydrogen-bond acceptors (Lipinski definition) is 4. The molecule has 0 aromatic heterocycles. The Morgan fingerprint density at radius 3 is 2.61 bits per heavy atom. The molecule has 0 bridgehead atoms. The van der Waals surface area contributed by atoms with E-state index in [2.05, 4.69) is 10.0 Å². The first-order chi connectivity index (χ1) is 13.4. The van der Waals surface area contributed by atoms with E-state index in [1.165, 1.54) is 12.1 Å². The van der Waals surface area contributed by atoms with Crippen molar-refractivity contribution in [1.82, 2.24) is 10.0 Å². The number of nitrogens with one attached hydrogen (secondary N) is 2. The first kappa shape index (κ1) is 20.4. The molecular formula is C21H26N2O4S. The molecule has 28 heavy (non-hydrogen) atoms. The number of amides is 1. The first-order valence-corrected chi connectivity index (χ1v) is 11.0. The van der Waals surface area contributed by atoms with E-state index in [9.17, 15) is 13.2 Å². The third kappa shape index (κ3) is 4.91. The van der Waals surface area contributed by atoms with Gasteiger partial charge < -0.3 is 10.1 Å². The van der Waals surface area contributed by atoms with Crippen molar-refractivity contribution in [3.05, 3.63) is 59.7 Å². The van der Waals surface area contributed by atoms with Crippen molar-refractivity contribution < 1.29 is 17.9 Å².